The number of amides is 4. The van der Waals surface area contributed by atoms with Gasteiger partial charge in [0, 0.05) is 0 Å². The van der Waals surface area contributed by atoms with Gasteiger partial charge in [-0.1, -0.05) is 27.7 Å². The van der Waals surface area contributed by atoms with Crippen LogP contribution in [-0.4, -0.2) is 61.1 Å². The van der Waals surface area contributed by atoms with Crippen LogP contribution in [0, 0.1) is 11.8 Å². The van der Waals surface area contributed by atoms with E-state index in [1.807, 2.05) is 0 Å². The third-order valence-corrected chi connectivity index (χ3v) is 5.37. The number of imide groups is 1. The number of ether oxygens (including phenoxy) is 2. The molecule has 24 heavy (non-hydrogen) atoms. The van der Waals surface area contributed by atoms with Gasteiger partial charge in [0.15, 0.2) is 0 Å². The van der Waals surface area contributed by atoms with Crippen molar-refractivity contribution in [2.75, 3.05) is 13.2 Å². The average Bonchev–Trinajstić information content (AvgIpc) is 3.01. The maximum atomic E-state index is 12.4. The number of carbonyl (C=O) groups excluding carboxylic acids is 3. The topological polar surface area (TPSA) is 122 Å². The summed E-state index contributed by atoms with van der Waals surface area (Å²) in [5, 5.41) is 0. The Morgan fingerprint density at radius 3 is 2.08 bits per heavy atom. The molecular weight excluding hydrogens is 342 g/mol. The first-order chi connectivity index (χ1) is 11.1. The minimum absolute atomic E-state index is 0.00958. The van der Waals surface area contributed by atoms with Gasteiger partial charge in [0.05, 0.1) is 12.1 Å². The van der Waals surface area contributed by atoms with Gasteiger partial charge < -0.3 is 9.47 Å². The van der Waals surface area contributed by atoms with Gasteiger partial charge in [-0.2, -0.15) is 12.7 Å². The second kappa shape index (κ2) is 6.46. The summed E-state index contributed by atoms with van der Waals surface area (Å²) in [7, 11) is -4.50. The predicted octanol–water partition coefficient (Wildman–Crippen LogP) is 0.894. The highest BCUT2D eigenvalue weighted by Gasteiger charge is 2.46. The Balaban J connectivity index is 2.20. The largest absolute Gasteiger partial charge is 0.447 e. The van der Waals surface area contributed by atoms with Crippen LogP contribution in [0.25, 0.3) is 0 Å². The molecule has 2 heterocycles. The zero-order valence-electron chi connectivity index (χ0n) is 13.9. The molecule has 0 aromatic carbocycles. The molecule has 11 heteroatoms. The van der Waals surface area contributed by atoms with E-state index in [-0.39, 0.29) is 25.0 Å². The van der Waals surface area contributed by atoms with Crippen LogP contribution in [0.15, 0.2) is 0 Å². The van der Waals surface area contributed by atoms with Gasteiger partial charge in [-0.3, -0.25) is 0 Å². The van der Waals surface area contributed by atoms with Crippen molar-refractivity contribution in [3.63, 3.8) is 0 Å². The summed E-state index contributed by atoms with van der Waals surface area (Å²) in [6.07, 6.45) is -1.98. The van der Waals surface area contributed by atoms with Gasteiger partial charge in [0.25, 0.3) is 0 Å². The number of hydrogen-bond donors (Lipinski definition) is 1. The maximum absolute atomic E-state index is 12.4. The van der Waals surface area contributed by atoms with Crippen molar-refractivity contribution < 1.29 is 32.3 Å². The smallest absolute Gasteiger partial charge is 0.425 e. The zero-order valence-corrected chi connectivity index (χ0v) is 14.7. The second-order valence-corrected chi connectivity index (χ2v) is 7.90. The van der Waals surface area contributed by atoms with Crippen LogP contribution < -0.4 is 4.72 Å². The minimum atomic E-state index is -4.50. The molecule has 0 unspecified atom stereocenters. The number of nitrogens with one attached hydrogen (secondary N) is 1. The summed E-state index contributed by atoms with van der Waals surface area (Å²) in [5.41, 5.74) is 0. The molecule has 2 saturated heterocycles. The van der Waals surface area contributed by atoms with Crippen LogP contribution >= 0.6 is 0 Å². The van der Waals surface area contributed by atoms with Crippen molar-refractivity contribution in [2.24, 2.45) is 11.8 Å². The van der Waals surface area contributed by atoms with E-state index in [2.05, 4.69) is 0 Å². The van der Waals surface area contributed by atoms with E-state index in [4.69, 9.17) is 9.47 Å². The normalized spacial score (nSPS) is 24.6. The Bertz CT molecular complexity index is 646. The molecular formula is C13H21N3O7S. The van der Waals surface area contributed by atoms with Crippen LogP contribution in [0.4, 0.5) is 14.4 Å². The SMILES string of the molecule is CC(C)[C@H]1COC(=O)N1C(=O)NS(=O)(=O)N1C(=O)OC[C@@H]1C(C)C. The molecule has 0 aromatic heterocycles. The Labute approximate surface area is 140 Å². The molecule has 0 aliphatic carbocycles. The summed E-state index contributed by atoms with van der Waals surface area (Å²) in [4.78, 5) is 36.5. The van der Waals surface area contributed by atoms with Crippen LogP contribution in [0.3, 0.4) is 0 Å². The highest BCUT2D eigenvalue weighted by molar-refractivity contribution is 7.88. The Morgan fingerprint density at radius 1 is 1.04 bits per heavy atom. The van der Waals surface area contributed by atoms with E-state index in [9.17, 15) is 22.8 Å². The van der Waals surface area contributed by atoms with Gasteiger partial charge in [0.1, 0.15) is 13.2 Å². The van der Waals surface area contributed by atoms with Gasteiger partial charge >= 0.3 is 28.4 Å². The van der Waals surface area contributed by atoms with Crippen LogP contribution in [0.1, 0.15) is 27.7 Å². The van der Waals surface area contributed by atoms with Crippen molar-refractivity contribution in [2.45, 2.75) is 39.8 Å². The number of hydrogen-bond acceptors (Lipinski definition) is 7. The third kappa shape index (κ3) is 3.25. The lowest BCUT2D eigenvalue weighted by Crippen LogP contribution is -2.54. The van der Waals surface area contributed by atoms with E-state index in [1.165, 1.54) is 0 Å². The number of carbonyl (C=O) groups is 3. The van der Waals surface area contributed by atoms with Crippen molar-refractivity contribution in [1.29, 1.82) is 0 Å². The standard InChI is InChI=1S/C13H21N3O7S/c1-7(2)9-5-22-12(18)15(9)11(17)14-24(20,21)16-10(8(3)4)6-23-13(16)19/h7-10H,5-6H2,1-4H3,(H,14,17)/t9-,10-/m1/s1. The number of nitrogens with zero attached hydrogens (tertiary/aromatic N) is 2. The molecule has 0 saturated carbocycles. The van der Waals surface area contributed by atoms with E-state index in [1.54, 1.807) is 32.4 Å². The van der Waals surface area contributed by atoms with Crippen LogP contribution in [-0.2, 0) is 19.7 Å². The van der Waals surface area contributed by atoms with Crippen molar-refractivity contribution in [3.05, 3.63) is 0 Å². The highest BCUT2D eigenvalue weighted by Crippen LogP contribution is 2.24. The first kappa shape index (κ1) is 18.3. The Kier molecular flexibility index (Phi) is 4.92. The molecule has 2 atom stereocenters. The summed E-state index contributed by atoms with van der Waals surface area (Å²) in [6, 6.07) is -2.47. The molecule has 136 valence electrons. The van der Waals surface area contributed by atoms with E-state index >= 15 is 0 Å². The van der Waals surface area contributed by atoms with Crippen LogP contribution in [0.5, 0.6) is 0 Å². The summed E-state index contributed by atoms with van der Waals surface area (Å²) < 4.78 is 36.7. The molecule has 0 aromatic rings. The molecule has 2 fully saturated rings. The summed E-state index contributed by atoms with van der Waals surface area (Å²) in [5.74, 6) is -0.326. The maximum Gasteiger partial charge on any atom is 0.425 e. The molecule has 0 radical (unpaired) electrons. The zero-order chi connectivity index (χ0) is 18.2. The fraction of sp³-hybridized carbons (Fsp3) is 0.769. The van der Waals surface area contributed by atoms with Gasteiger partial charge in [-0.25, -0.2) is 24.0 Å². The molecule has 0 spiro atoms. The summed E-state index contributed by atoms with van der Waals surface area (Å²) in [6.45, 7) is 6.89. The van der Waals surface area contributed by atoms with Crippen LogP contribution in [0.2, 0.25) is 0 Å². The fourth-order valence-corrected chi connectivity index (χ4v) is 3.86. The van der Waals surface area contributed by atoms with Gasteiger partial charge in [0.2, 0.25) is 0 Å². The van der Waals surface area contributed by atoms with E-state index in [0.717, 1.165) is 0 Å². The van der Waals surface area contributed by atoms with Crippen molar-refractivity contribution >= 4 is 28.4 Å². The third-order valence-electron chi connectivity index (χ3n) is 4.00. The Morgan fingerprint density at radius 2 is 1.54 bits per heavy atom. The monoisotopic (exact) mass is 363 g/mol. The van der Waals surface area contributed by atoms with Gasteiger partial charge in [-0.15, -0.1) is 0 Å². The highest BCUT2D eigenvalue weighted by atomic mass is 32.2. The fourth-order valence-electron chi connectivity index (χ4n) is 2.53. The van der Waals surface area contributed by atoms with E-state index < -0.39 is 40.5 Å². The molecule has 4 amide bonds. The molecule has 2 rings (SSSR count). The number of cyclic esters (lactones) is 2. The second-order valence-electron chi connectivity index (χ2n) is 6.35. The lowest BCUT2D eigenvalue weighted by Gasteiger charge is -2.26. The molecule has 2 aliphatic rings. The molecule has 0 bridgehead atoms. The quantitative estimate of drug-likeness (QED) is 0.787. The predicted molar refractivity (Wildman–Crippen MR) is 81.1 cm³/mol. The van der Waals surface area contributed by atoms with Crippen molar-refractivity contribution in [3.8, 4) is 0 Å². The molecule has 1 N–H and O–H groups in total. The average molecular weight is 363 g/mol. The first-order valence-electron chi connectivity index (χ1n) is 7.55. The minimum Gasteiger partial charge on any atom is -0.447 e. The Hall–Kier alpha value is -2.04. The van der Waals surface area contributed by atoms with Crippen molar-refractivity contribution in [1.82, 2.24) is 13.9 Å². The summed E-state index contributed by atoms with van der Waals surface area (Å²) >= 11 is 0. The van der Waals surface area contributed by atoms with E-state index in [0.29, 0.717) is 9.21 Å². The molecule has 10 nitrogen and oxygen atoms in total. The number of urea groups is 1. The lowest BCUT2D eigenvalue weighted by atomic mass is 10.1. The first-order valence-corrected chi connectivity index (χ1v) is 8.99. The number of rotatable bonds is 4. The lowest BCUT2D eigenvalue weighted by molar-refractivity contribution is 0.158. The van der Waals surface area contributed by atoms with Gasteiger partial charge in [-0.05, 0) is 11.8 Å². The molecule has 2 aliphatic heterocycles.